The Kier molecular flexibility index (Phi) is 4.07. The van der Waals surface area contributed by atoms with Gasteiger partial charge < -0.3 is 10.6 Å². The Labute approximate surface area is 120 Å². The zero-order valence-electron chi connectivity index (χ0n) is 10.6. The van der Waals surface area contributed by atoms with Gasteiger partial charge in [-0.25, -0.2) is 4.98 Å². The Hall–Kier alpha value is -1.59. The topological polar surface area (TPSA) is 59.2 Å². The normalized spacial score (nSPS) is 12.2. The Morgan fingerprint density at radius 2 is 2.05 bits per heavy atom. The molecule has 2 rings (SSSR count). The molecule has 2 N–H and O–H groups in total. The summed E-state index contributed by atoms with van der Waals surface area (Å²) >= 11 is 7.12. The van der Waals surface area contributed by atoms with Gasteiger partial charge >= 0.3 is 0 Å². The highest BCUT2D eigenvalue weighted by molar-refractivity contribution is 7.13. The molecule has 1 aromatic heterocycles. The van der Waals surface area contributed by atoms with Crippen LogP contribution in [0.5, 0.6) is 0 Å². The van der Waals surface area contributed by atoms with Crippen LogP contribution < -0.4 is 5.73 Å². The first-order chi connectivity index (χ1) is 8.99. The number of nitrogen functional groups attached to an aromatic ring is 1. The number of hydrogen-bond donors (Lipinski definition) is 1. The number of thiazole rings is 1. The van der Waals surface area contributed by atoms with Gasteiger partial charge in [-0.15, -0.1) is 11.3 Å². The molecule has 1 heterocycles. The third-order valence-electron chi connectivity index (χ3n) is 2.99. The number of nitrogens with zero attached hydrogens (tertiary/aromatic N) is 2. The number of benzene rings is 1. The van der Waals surface area contributed by atoms with E-state index in [1.165, 1.54) is 11.3 Å². The lowest BCUT2D eigenvalue weighted by Gasteiger charge is -2.24. The minimum Gasteiger partial charge on any atom is -0.375 e. The van der Waals surface area contributed by atoms with Crippen LogP contribution in [0, 0.1) is 0 Å². The van der Waals surface area contributed by atoms with E-state index in [9.17, 15) is 4.79 Å². The van der Waals surface area contributed by atoms with Crippen molar-refractivity contribution in [1.29, 1.82) is 0 Å². The smallest absolute Gasteiger partial charge is 0.273 e. The van der Waals surface area contributed by atoms with E-state index < -0.39 is 0 Å². The predicted molar refractivity (Wildman–Crippen MR) is 78.5 cm³/mol. The molecule has 2 aromatic rings. The van der Waals surface area contributed by atoms with Crippen molar-refractivity contribution in [3.8, 4) is 0 Å². The van der Waals surface area contributed by atoms with Crippen molar-refractivity contribution in [3.63, 3.8) is 0 Å². The lowest BCUT2D eigenvalue weighted by molar-refractivity contribution is 0.0737. The lowest BCUT2D eigenvalue weighted by atomic mass is 10.1. The van der Waals surface area contributed by atoms with E-state index in [0.29, 0.717) is 15.8 Å². The van der Waals surface area contributed by atoms with E-state index >= 15 is 0 Å². The molecule has 0 bridgehead atoms. The first-order valence-electron chi connectivity index (χ1n) is 5.72. The van der Waals surface area contributed by atoms with Crippen LogP contribution in [0.3, 0.4) is 0 Å². The highest BCUT2D eigenvalue weighted by Gasteiger charge is 2.20. The monoisotopic (exact) mass is 295 g/mol. The molecule has 1 amide bonds. The number of anilines is 1. The number of halogens is 1. The quantitative estimate of drug-likeness (QED) is 0.946. The molecule has 0 aliphatic rings. The molecule has 6 heteroatoms. The van der Waals surface area contributed by atoms with Gasteiger partial charge in [0.1, 0.15) is 5.69 Å². The van der Waals surface area contributed by atoms with Crippen LogP contribution in [0.25, 0.3) is 0 Å². The molecular weight excluding hydrogens is 282 g/mol. The van der Waals surface area contributed by atoms with Crippen molar-refractivity contribution in [2.45, 2.75) is 13.0 Å². The Morgan fingerprint density at radius 3 is 2.58 bits per heavy atom. The molecule has 1 atom stereocenters. The molecule has 1 aromatic carbocycles. The first kappa shape index (κ1) is 13.8. The summed E-state index contributed by atoms with van der Waals surface area (Å²) in [6.45, 7) is 1.96. The van der Waals surface area contributed by atoms with E-state index in [0.717, 1.165) is 5.56 Å². The van der Waals surface area contributed by atoms with Crippen molar-refractivity contribution >= 4 is 34.0 Å². The molecule has 4 nitrogen and oxygen atoms in total. The number of hydrogen-bond acceptors (Lipinski definition) is 4. The lowest BCUT2D eigenvalue weighted by Crippen LogP contribution is -2.29. The third-order valence-corrected chi connectivity index (χ3v) is 3.92. The molecule has 0 saturated carbocycles. The molecule has 100 valence electrons. The molecule has 1 unspecified atom stereocenters. The zero-order valence-corrected chi connectivity index (χ0v) is 12.2. The van der Waals surface area contributed by atoms with Crippen molar-refractivity contribution in [1.82, 2.24) is 9.88 Å². The second-order valence-corrected chi connectivity index (χ2v) is 5.54. The standard InChI is InChI=1S/C13H14ClN3OS/c1-8(9-3-5-10(14)6-4-9)17(2)12(18)11-7-19-13(15)16-11/h3-8H,1-2H3,(H2,15,16). The average molecular weight is 296 g/mol. The van der Waals surface area contributed by atoms with Crippen molar-refractivity contribution < 1.29 is 4.79 Å². The van der Waals surface area contributed by atoms with E-state index in [1.807, 2.05) is 31.2 Å². The van der Waals surface area contributed by atoms with E-state index in [-0.39, 0.29) is 11.9 Å². The van der Waals surface area contributed by atoms with Gasteiger partial charge in [0.15, 0.2) is 5.13 Å². The number of amides is 1. The number of nitrogens with two attached hydrogens (primary N) is 1. The summed E-state index contributed by atoms with van der Waals surface area (Å²) in [7, 11) is 1.75. The van der Waals surface area contributed by atoms with Crippen LogP contribution in [0.1, 0.15) is 29.0 Å². The predicted octanol–water partition coefficient (Wildman–Crippen LogP) is 3.21. The molecule has 0 radical (unpaired) electrons. The van der Waals surface area contributed by atoms with Crippen molar-refractivity contribution in [3.05, 3.63) is 45.9 Å². The fourth-order valence-corrected chi connectivity index (χ4v) is 2.37. The van der Waals surface area contributed by atoms with Gasteiger partial charge in [0, 0.05) is 17.5 Å². The van der Waals surface area contributed by atoms with Gasteiger partial charge in [-0.2, -0.15) is 0 Å². The summed E-state index contributed by atoms with van der Waals surface area (Å²) < 4.78 is 0. The maximum Gasteiger partial charge on any atom is 0.273 e. The largest absolute Gasteiger partial charge is 0.375 e. The number of carbonyl (C=O) groups is 1. The van der Waals surface area contributed by atoms with Gasteiger partial charge in [0.05, 0.1) is 6.04 Å². The summed E-state index contributed by atoms with van der Waals surface area (Å²) in [5, 5.41) is 2.75. The fraction of sp³-hybridized carbons (Fsp3) is 0.231. The number of aromatic nitrogens is 1. The Balaban J connectivity index is 2.16. The zero-order chi connectivity index (χ0) is 14.0. The van der Waals surface area contributed by atoms with Crippen LogP contribution in [-0.2, 0) is 0 Å². The summed E-state index contributed by atoms with van der Waals surface area (Å²) in [6, 6.07) is 7.38. The fourth-order valence-electron chi connectivity index (χ4n) is 1.71. The van der Waals surface area contributed by atoms with Gasteiger partial charge in [-0.1, -0.05) is 23.7 Å². The summed E-state index contributed by atoms with van der Waals surface area (Å²) in [5.41, 5.74) is 6.94. The van der Waals surface area contributed by atoms with Gasteiger partial charge in [0.25, 0.3) is 5.91 Å². The highest BCUT2D eigenvalue weighted by Crippen LogP contribution is 2.23. The molecule has 0 aliphatic heterocycles. The second-order valence-electron chi connectivity index (χ2n) is 4.21. The van der Waals surface area contributed by atoms with Gasteiger partial charge in [0.2, 0.25) is 0 Å². The maximum absolute atomic E-state index is 12.2. The Bertz CT molecular complexity index is 582. The minimum atomic E-state index is -0.143. The van der Waals surface area contributed by atoms with Crippen LogP contribution in [0.15, 0.2) is 29.6 Å². The summed E-state index contributed by atoms with van der Waals surface area (Å²) in [5.74, 6) is -0.143. The van der Waals surface area contributed by atoms with E-state index in [1.54, 1.807) is 17.3 Å². The van der Waals surface area contributed by atoms with Crippen LogP contribution in [0.2, 0.25) is 5.02 Å². The molecule has 19 heavy (non-hydrogen) atoms. The third kappa shape index (κ3) is 3.05. The summed E-state index contributed by atoms with van der Waals surface area (Å²) in [6.07, 6.45) is 0. The molecule has 0 aliphatic carbocycles. The SMILES string of the molecule is CC(c1ccc(Cl)cc1)N(C)C(=O)c1csc(N)n1. The molecular formula is C13H14ClN3OS. The van der Waals surface area contributed by atoms with Gasteiger partial charge in [-0.3, -0.25) is 4.79 Å². The highest BCUT2D eigenvalue weighted by atomic mass is 35.5. The van der Waals surface area contributed by atoms with Crippen molar-refractivity contribution in [2.75, 3.05) is 12.8 Å². The molecule has 0 spiro atoms. The average Bonchev–Trinajstić information content (AvgIpc) is 2.84. The van der Waals surface area contributed by atoms with Crippen LogP contribution in [0.4, 0.5) is 5.13 Å². The maximum atomic E-state index is 12.2. The first-order valence-corrected chi connectivity index (χ1v) is 6.98. The molecule has 0 fully saturated rings. The number of rotatable bonds is 3. The Morgan fingerprint density at radius 1 is 1.42 bits per heavy atom. The summed E-state index contributed by atoms with van der Waals surface area (Å²) in [4.78, 5) is 17.9. The van der Waals surface area contributed by atoms with E-state index in [2.05, 4.69) is 4.98 Å². The van der Waals surface area contributed by atoms with Crippen LogP contribution in [-0.4, -0.2) is 22.8 Å². The molecule has 0 saturated heterocycles. The van der Waals surface area contributed by atoms with Crippen molar-refractivity contribution in [2.24, 2.45) is 0 Å². The van der Waals surface area contributed by atoms with E-state index in [4.69, 9.17) is 17.3 Å². The minimum absolute atomic E-state index is 0.0623. The van der Waals surface area contributed by atoms with Gasteiger partial charge in [-0.05, 0) is 24.6 Å². The number of carbonyl (C=O) groups excluding carboxylic acids is 1. The van der Waals surface area contributed by atoms with Crippen LogP contribution >= 0.6 is 22.9 Å². The second kappa shape index (κ2) is 5.59.